The lowest BCUT2D eigenvalue weighted by atomic mass is 10.1. The Labute approximate surface area is 148 Å². The lowest BCUT2D eigenvalue weighted by molar-refractivity contribution is 0.0932. The number of nitrogens with one attached hydrogen (secondary N) is 2. The largest absolute Gasteiger partial charge is 0.385 e. The summed E-state index contributed by atoms with van der Waals surface area (Å²) in [4.78, 5) is 31.3. The van der Waals surface area contributed by atoms with Gasteiger partial charge in [0.25, 0.3) is 11.8 Å². The lowest BCUT2D eigenvalue weighted by Crippen LogP contribution is -2.32. The molecule has 1 aliphatic heterocycles. The summed E-state index contributed by atoms with van der Waals surface area (Å²) >= 11 is 0. The quantitative estimate of drug-likeness (QED) is 0.624. The zero-order chi connectivity index (χ0) is 18.2. The van der Waals surface area contributed by atoms with Crippen LogP contribution in [-0.2, 0) is 17.7 Å². The van der Waals surface area contributed by atoms with E-state index in [4.69, 9.17) is 4.74 Å². The van der Waals surface area contributed by atoms with Crippen LogP contribution < -0.4 is 10.6 Å². The van der Waals surface area contributed by atoms with Gasteiger partial charge in [0.05, 0.1) is 5.69 Å². The van der Waals surface area contributed by atoms with Gasteiger partial charge in [0.15, 0.2) is 5.82 Å². The molecule has 2 amide bonds. The fourth-order valence-corrected chi connectivity index (χ4v) is 2.87. The maximum Gasteiger partial charge on any atom is 0.287 e. The average molecular weight is 351 g/mol. The van der Waals surface area contributed by atoms with E-state index in [9.17, 15) is 9.59 Å². The van der Waals surface area contributed by atoms with Crippen molar-refractivity contribution >= 4 is 11.8 Å². The first-order valence-electron chi connectivity index (χ1n) is 8.84. The molecule has 2 heterocycles. The van der Waals surface area contributed by atoms with Crippen molar-refractivity contribution in [1.29, 1.82) is 0 Å². The molecule has 0 aliphatic carbocycles. The van der Waals surface area contributed by atoms with Gasteiger partial charge >= 0.3 is 0 Å². The molecule has 0 saturated carbocycles. The van der Waals surface area contributed by atoms with Crippen LogP contribution in [0.25, 0.3) is 0 Å². The molecule has 0 bridgehead atoms. The van der Waals surface area contributed by atoms with Gasteiger partial charge in [-0.25, -0.2) is 4.98 Å². The van der Waals surface area contributed by atoms with Crippen molar-refractivity contribution in [3.05, 3.63) is 17.2 Å². The van der Waals surface area contributed by atoms with E-state index in [2.05, 4.69) is 15.6 Å². The molecule has 0 fully saturated rings. The second-order valence-corrected chi connectivity index (χ2v) is 6.50. The van der Waals surface area contributed by atoms with Gasteiger partial charge in [-0.2, -0.15) is 0 Å². The molecule has 140 valence electrons. The minimum atomic E-state index is -0.230. The number of aromatic nitrogens is 2. The third-order valence-electron chi connectivity index (χ3n) is 4.19. The van der Waals surface area contributed by atoms with Gasteiger partial charge in [0.2, 0.25) is 0 Å². The van der Waals surface area contributed by atoms with Crippen molar-refractivity contribution in [3.63, 3.8) is 0 Å². The number of amides is 2. The highest BCUT2D eigenvalue weighted by Gasteiger charge is 2.27. The number of hydrogen-bond acceptors (Lipinski definition) is 5. The van der Waals surface area contributed by atoms with E-state index in [0.717, 1.165) is 44.5 Å². The van der Waals surface area contributed by atoms with Crippen molar-refractivity contribution in [2.24, 2.45) is 0 Å². The maximum atomic E-state index is 12.5. The van der Waals surface area contributed by atoms with Crippen LogP contribution in [0.5, 0.6) is 0 Å². The standard InChI is InChI=1S/C17H29N5O3/c1-21(2)11-9-19-16(23)14-13-7-4-5-10-22(13)15(20-14)17(24)18-8-6-12-25-3/h4-12H2,1-3H3,(H,18,24)(H,19,23). The summed E-state index contributed by atoms with van der Waals surface area (Å²) in [5, 5.41) is 5.74. The third-order valence-corrected chi connectivity index (χ3v) is 4.19. The Bertz CT molecular complexity index is 597. The van der Waals surface area contributed by atoms with Gasteiger partial charge in [-0.05, 0) is 39.8 Å². The Morgan fingerprint density at radius 1 is 1.20 bits per heavy atom. The highest BCUT2D eigenvalue weighted by molar-refractivity contribution is 5.97. The predicted octanol–water partition coefficient (Wildman–Crippen LogP) is 0.277. The number of nitrogens with zero attached hydrogens (tertiary/aromatic N) is 3. The topological polar surface area (TPSA) is 88.5 Å². The summed E-state index contributed by atoms with van der Waals surface area (Å²) in [7, 11) is 5.54. The van der Waals surface area contributed by atoms with E-state index in [1.807, 2.05) is 23.6 Å². The number of rotatable bonds is 9. The summed E-state index contributed by atoms with van der Waals surface area (Å²) in [6, 6.07) is 0. The summed E-state index contributed by atoms with van der Waals surface area (Å²) < 4.78 is 6.88. The summed E-state index contributed by atoms with van der Waals surface area (Å²) in [6.07, 6.45) is 3.53. The Morgan fingerprint density at radius 2 is 1.96 bits per heavy atom. The van der Waals surface area contributed by atoms with E-state index in [1.54, 1.807) is 7.11 Å². The zero-order valence-electron chi connectivity index (χ0n) is 15.4. The first-order valence-corrected chi connectivity index (χ1v) is 8.84. The number of imidazole rings is 1. The van der Waals surface area contributed by atoms with E-state index in [-0.39, 0.29) is 11.8 Å². The van der Waals surface area contributed by atoms with Gasteiger partial charge in [-0.3, -0.25) is 9.59 Å². The Hall–Kier alpha value is -1.93. The summed E-state index contributed by atoms with van der Waals surface area (Å²) in [6.45, 7) is 3.16. The molecule has 8 heteroatoms. The van der Waals surface area contributed by atoms with E-state index >= 15 is 0 Å². The van der Waals surface area contributed by atoms with Crippen LogP contribution in [-0.4, -0.2) is 73.7 Å². The van der Waals surface area contributed by atoms with E-state index < -0.39 is 0 Å². The number of methoxy groups -OCH3 is 1. The second kappa shape index (κ2) is 9.53. The van der Waals surface area contributed by atoms with Crippen LogP contribution in [0.3, 0.4) is 0 Å². The number of fused-ring (bicyclic) bond motifs is 1. The fourth-order valence-electron chi connectivity index (χ4n) is 2.87. The van der Waals surface area contributed by atoms with E-state index in [0.29, 0.717) is 31.2 Å². The van der Waals surface area contributed by atoms with Crippen LogP contribution in [0.15, 0.2) is 0 Å². The highest BCUT2D eigenvalue weighted by atomic mass is 16.5. The minimum absolute atomic E-state index is 0.203. The van der Waals surface area contributed by atoms with Crippen molar-refractivity contribution in [2.45, 2.75) is 32.2 Å². The summed E-state index contributed by atoms with van der Waals surface area (Å²) in [5.74, 6) is -0.0950. The number of ether oxygens (including phenoxy) is 1. The van der Waals surface area contributed by atoms with Gasteiger partial charge in [-0.15, -0.1) is 0 Å². The molecule has 8 nitrogen and oxygen atoms in total. The van der Waals surface area contributed by atoms with Crippen molar-refractivity contribution in [1.82, 2.24) is 25.1 Å². The molecule has 1 aromatic heterocycles. The molecule has 1 aliphatic rings. The number of carbonyl (C=O) groups is 2. The molecule has 0 saturated heterocycles. The van der Waals surface area contributed by atoms with Crippen LogP contribution >= 0.6 is 0 Å². The van der Waals surface area contributed by atoms with Crippen molar-refractivity contribution in [2.75, 3.05) is 47.4 Å². The minimum Gasteiger partial charge on any atom is -0.385 e. The predicted molar refractivity (Wildman–Crippen MR) is 94.9 cm³/mol. The maximum absolute atomic E-state index is 12.5. The molecule has 2 N–H and O–H groups in total. The summed E-state index contributed by atoms with van der Waals surface area (Å²) in [5.41, 5.74) is 1.26. The smallest absolute Gasteiger partial charge is 0.287 e. The Morgan fingerprint density at radius 3 is 2.68 bits per heavy atom. The number of likely N-dealkylation sites (N-methyl/N-ethyl adjacent to an activating group) is 1. The third kappa shape index (κ3) is 5.27. The van der Waals surface area contributed by atoms with Crippen LogP contribution in [0.2, 0.25) is 0 Å². The Balaban J connectivity index is 2.09. The lowest BCUT2D eigenvalue weighted by Gasteiger charge is -2.17. The van der Waals surface area contributed by atoms with E-state index in [1.165, 1.54) is 0 Å². The monoisotopic (exact) mass is 351 g/mol. The van der Waals surface area contributed by atoms with Gasteiger partial charge in [0, 0.05) is 39.9 Å². The molecule has 2 rings (SSSR count). The molecular weight excluding hydrogens is 322 g/mol. The van der Waals surface area contributed by atoms with Crippen LogP contribution in [0.4, 0.5) is 0 Å². The van der Waals surface area contributed by atoms with Crippen LogP contribution in [0.1, 0.15) is 46.1 Å². The number of carbonyl (C=O) groups excluding carboxylic acids is 2. The first-order chi connectivity index (χ1) is 12.0. The first kappa shape index (κ1) is 19.4. The molecule has 25 heavy (non-hydrogen) atoms. The number of hydrogen-bond donors (Lipinski definition) is 2. The molecule has 0 atom stereocenters. The van der Waals surface area contributed by atoms with Crippen LogP contribution in [0, 0.1) is 0 Å². The van der Waals surface area contributed by atoms with Gasteiger partial charge < -0.3 is 24.8 Å². The fraction of sp³-hybridized carbons (Fsp3) is 0.706. The van der Waals surface area contributed by atoms with Crippen molar-refractivity contribution in [3.8, 4) is 0 Å². The molecule has 0 spiro atoms. The molecule has 0 aromatic carbocycles. The second-order valence-electron chi connectivity index (χ2n) is 6.50. The average Bonchev–Trinajstić information content (AvgIpc) is 2.98. The Kier molecular flexibility index (Phi) is 7.39. The molecule has 0 unspecified atom stereocenters. The van der Waals surface area contributed by atoms with Gasteiger partial charge in [-0.1, -0.05) is 0 Å². The zero-order valence-corrected chi connectivity index (χ0v) is 15.4. The molecular formula is C17H29N5O3. The molecule has 1 aromatic rings. The SMILES string of the molecule is COCCCNC(=O)c1nc(C(=O)NCCN(C)C)c2n1CCCC2. The molecule has 0 radical (unpaired) electrons. The van der Waals surface area contributed by atoms with Crippen molar-refractivity contribution < 1.29 is 14.3 Å². The van der Waals surface area contributed by atoms with Gasteiger partial charge in [0.1, 0.15) is 5.69 Å². The normalized spacial score (nSPS) is 13.6. The highest BCUT2D eigenvalue weighted by Crippen LogP contribution is 2.21.